The lowest BCUT2D eigenvalue weighted by Gasteiger charge is -1.84. The van der Waals surface area contributed by atoms with Crippen LogP contribution in [0.25, 0.3) is 0 Å². The highest BCUT2D eigenvalue weighted by Gasteiger charge is 1.65. The van der Waals surface area contributed by atoms with Crippen molar-refractivity contribution in [2.75, 3.05) is 7.05 Å². The van der Waals surface area contributed by atoms with Crippen LogP contribution in [-0.2, 0) is 0 Å². The molecule has 0 atom stereocenters. The van der Waals surface area contributed by atoms with Gasteiger partial charge in [-0.1, -0.05) is 0 Å². The Morgan fingerprint density at radius 3 is 2.00 bits per heavy atom. The summed E-state index contributed by atoms with van der Waals surface area (Å²) in [4.78, 5) is 0. The average molecular weight is 89.1 g/mol. The quantitative estimate of drug-likeness (QED) is 0.461. The zero-order chi connectivity index (χ0) is 4.28. The van der Waals surface area contributed by atoms with Gasteiger partial charge in [-0.15, -0.1) is 8.86 Å². The molecule has 0 fully saturated rings. The van der Waals surface area contributed by atoms with E-state index in [0.717, 1.165) is 5.42 Å². The van der Waals surface area contributed by atoms with Gasteiger partial charge in [0.2, 0.25) is 0 Å². The Hall–Kier alpha value is 0.130. The smallest absolute Gasteiger partial charge is 0.00826 e. The fraction of sp³-hybridized carbons (Fsp3) is 0.667. The summed E-state index contributed by atoms with van der Waals surface area (Å²) in [6.45, 7) is 1.94. The highest BCUT2D eigenvalue weighted by molar-refractivity contribution is 7.20. The van der Waals surface area contributed by atoms with Gasteiger partial charge in [-0.3, -0.25) is 5.32 Å². The predicted octanol–water partition coefficient (Wildman–Crippen LogP) is 0.498. The van der Waals surface area contributed by atoms with Crippen LogP contribution < -0.4 is 5.32 Å². The van der Waals surface area contributed by atoms with Crippen LogP contribution in [0, 0.1) is 0 Å². The van der Waals surface area contributed by atoms with Crippen LogP contribution in [0.4, 0.5) is 0 Å². The van der Waals surface area contributed by atoms with E-state index in [-0.39, 0.29) is 0 Å². The van der Waals surface area contributed by atoms with E-state index in [1.54, 1.807) is 0 Å². The van der Waals surface area contributed by atoms with Gasteiger partial charge < -0.3 is 0 Å². The molecule has 0 spiro atoms. The van der Waals surface area contributed by atoms with Gasteiger partial charge in [-0.2, -0.15) is 0 Å². The number of nitrogens with one attached hydrogen (secondary N) is 1. The van der Waals surface area contributed by atoms with E-state index < -0.39 is 0 Å². The fourth-order valence-electron chi connectivity index (χ4n) is 0. The van der Waals surface area contributed by atoms with Crippen molar-refractivity contribution in [3.8, 4) is 0 Å². The van der Waals surface area contributed by atoms with Crippen LogP contribution in [0.3, 0.4) is 0 Å². The molecular formula is C3H8NP. The summed E-state index contributed by atoms with van der Waals surface area (Å²) in [6.07, 6.45) is 0. The van der Waals surface area contributed by atoms with Crippen LogP contribution in [0.15, 0.2) is 0 Å². The predicted molar refractivity (Wildman–Crippen MR) is 28.1 cm³/mol. The minimum absolute atomic E-state index is 1.06. The highest BCUT2D eigenvalue weighted by Crippen LogP contribution is 1.62. The second-order valence-corrected chi connectivity index (χ2v) is 1.62. The summed E-state index contributed by atoms with van der Waals surface area (Å²) in [6, 6.07) is 0. The third-order valence-electron chi connectivity index (χ3n) is 0.375. The molecule has 30 valence electrons. The molecule has 1 nitrogen and oxygen atoms in total. The first kappa shape index (κ1) is 5.13. The maximum atomic E-state index is 3.22. The summed E-state index contributed by atoms with van der Waals surface area (Å²) < 4.78 is 0. The largest absolute Gasteiger partial charge is 0.292 e. The molecule has 0 heterocycles. The summed E-state index contributed by atoms with van der Waals surface area (Å²) in [5.41, 5.74) is 1.06. The minimum Gasteiger partial charge on any atom is -0.292 e. The van der Waals surface area contributed by atoms with Crippen molar-refractivity contribution in [1.82, 2.24) is 5.32 Å². The summed E-state index contributed by atoms with van der Waals surface area (Å²) in [5, 5.41) is 2.86. The van der Waals surface area contributed by atoms with E-state index in [9.17, 15) is 0 Å². The molecule has 2 heteroatoms. The second kappa shape index (κ2) is 2.37. The van der Waals surface area contributed by atoms with Crippen molar-refractivity contribution < 1.29 is 0 Å². The van der Waals surface area contributed by atoms with Crippen LogP contribution in [0.5, 0.6) is 0 Å². The van der Waals surface area contributed by atoms with Gasteiger partial charge >= 0.3 is 0 Å². The first-order chi connectivity index (χ1) is 2.27. The van der Waals surface area contributed by atoms with E-state index in [1.807, 2.05) is 14.0 Å². The van der Waals surface area contributed by atoms with E-state index in [2.05, 4.69) is 14.2 Å². The molecular weight excluding hydrogens is 81.0 g/mol. The summed E-state index contributed by atoms with van der Waals surface area (Å²) in [5.74, 6) is 0. The van der Waals surface area contributed by atoms with E-state index >= 15 is 0 Å². The normalized spacial score (nSPS) is 7.60. The number of hydrogen-bond donors (Lipinski definition) is 1. The monoisotopic (exact) mass is 89.0 g/mol. The molecule has 0 radical (unpaired) electrons. The SMILES string of the molecule is CNC(C)=P. The van der Waals surface area contributed by atoms with Crippen LogP contribution in [0.2, 0.25) is 0 Å². The molecule has 0 rings (SSSR count). The number of hydrogen-bond acceptors (Lipinski definition) is 0. The van der Waals surface area contributed by atoms with Crippen molar-refractivity contribution in [2.24, 2.45) is 0 Å². The first-order valence-corrected chi connectivity index (χ1v) is 2.00. The molecule has 0 aliphatic carbocycles. The first-order valence-electron chi connectivity index (χ1n) is 1.50. The standard InChI is InChI=1S/C3H8NP/c1-3(5)4-2/h4-5H,1-2H3. The van der Waals surface area contributed by atoms with Gasteiger partial charge in [0, 0.05) is 5.42 Å². The van der Waals surface area contributed by atoms with Crippen molar-refractivity contribution in [3.63, 3.8) is 0 Å². The Bertz CT molecular complexity index is 42.2. The Labute approximate surface area is 34.6 Å². The van der Waals surface area contributed by atoms with Crippen molar-refractivity contribution >= 4 is 14.3 Å². The van der Waals surface area contributed by atoms with Gasteiger partial charge in [-0.05, 0) is 14.0 Å². The van der Waals surface area contributed by atoms with Gasteiger partial charge in [-0.25, -0.2) is 0 Å². The molecule has 0 amide bonds. The molecule has 0 saturated carbocycles. The highest BCUT2D eigenvalue weighted by atomic mass is 31.0. The van der Waals surface area contributed by atoms with Crippen LogP contribution in [-0.4, -0.2) is 12.5 Å². The maximum Gasteiger partial charge on any atom is 0.00826 e. The molecule has 0 aromatic carbocycles. The van der Waals surface area contributed by atoms with Crippen LogP contribution in [0.1, 0.15) is 6.92 Å². The van der Waals surface area contributed by atoms with Gasteiger partial charge in [0.05, 0.1) is 0 Å². The lowest BCUT2D eigenvalue weighted by atomic mass is 10.8. The summed E-state index contributed by atoms with van der Waals surface area (Å²) in [7, 11) is 5.08. The lowest BCUT2D eigenvalue weighted by Crippen LogP contribution is -2.08. The molecule has 0 aliphatic rings. The average Bonchev–Trinajstić information content (AvgIpc) is 1.38. The van der Waals surface area contributed by atoms with Gasteiger partial charge in [0.15, 0.2) is 0 Å². The van der Waals surface area contributed by atoms with E-state index in [1.165, 1.54) is 0 Å². The van der Waals surface area contributed by atoms with E-state index in [0.29, 0.717) is 0 Å². The molecule has 0 aliphatic heterocycles. The van der Waals surface area contributed by atoms with Crippen molar-refractivity contribution in [2.45, 2.75) is 6.92 Å². The van der Waals surface area contributed by atoms with Crippen LogP contribution >= 0.6 is 8.86 Å². The Morgan fingerprint density at radius 1 is 1.80 bits per heavy atom. The Balaban J connectivity index is 2.85. The molecule has 0 bridgehead atoms. The number of rotatable bonds is 1. The fourth-order valence-corrected chi connectivity index (χ4v) is 0. The Morgan fingerprint density at radius 2 is 2.00 bits per heavy atom. The second-order valence-electron chi connectivity index (χ2n) is 0.875. The zero-order valence-corrected chi connectivity index (χ0v) is 4.50. The lowest BCUT2D eigenvalue weighted by molar-refractivity contribution is 1.19. The summed E-state index contributed by atoms with van der Waals surface area (Å²) >= 11 is 0. The minimum atomic E-state index is 1.06. The maximum absolute atomic E-state index is 3.22. The molecule has 0 aromatic heterocycles. The molecule has 0 saturated heterocycles. The molecule has 0 unspecified atom stereocenters. The zero-order valence-electron chi connectivity index (χ0n) is 3.50. The molecule has 0 aromatic rings. The third kappa shape index (κ3) is 4.13. The molecule has 5 heavy (non-hydrogen) atoms. The van der Waals surface area contributed by atoms with Crippen molar-refractivity contribution in [1.29, 1.82) is 0 Å². The molecule has 1 N–H and O–H groups in total. The van der Waals surface area contributed by atoms with Gasteiger partial charge in [0.1, 0.15) is 0 Å². The topological polar surface area (TPSA) is 12.0 Å². The third-order valence-corrected chi connectivity index (χ3v) is 0.625. The van der Waals surface area contributed by atoms with E-state index in [4.69, 9.17) is 0 Å². The van der Waals surface area contributed by atoms with Crippen molar-refractivity contribution in [3.05, 3.63) is 0 Å². The Kier molecular flexibility index (Phi) is 2.43. The van der Waals surface area contributed by atoms with Gasteiger partial charge in [0.25, 0.3) is 0 Å².